The topological polar surface area (TPSA) is 0 Å². The second kappa shape index (κ2) is 58.0. The predicted molar refractivity (Wildman–Crippen MR) is 650 cm³/mol. The summed E-state index contributed by atoms with van der Waals surface area (Å²) in [6, 6.07) is 151. The summed E-state index contributed by atoms with van der Waals surface area (Å²) in [6.45, 7) is 46.9. The Morgan fingerprint density at radius 3 is 1.10 bits per heavy atom. The maximum absolute atomic E-state index is 2.35. The van der Waals surface area contributed by atoms with Crippen LogP contribution in [0, 0.1) is 18.8 Å². The van der Waals surface area contributed by atoms with Crippen molar-refractivity contribution >= 4 is 81.0 Å². The van der Waals surface area contributed by atoms with E-state index in [0.717, 1.165) is 30.6 Å². The van der Waals surface area contributed by atoms with Gasteiger partial charge in [-0.2, -0.15) is 0 Å². The minimum atomic E-state index is 0. The number of allylic oxidation sites excluding steroid dienone is 4. The van der Waals surface area contributed by atoms with Gasteiger partial charge < -0.3 is 0 Å². The summed E-state index contributed by atoms with van der Waals surface area (Å²) in [5.74, 6) is 7.21. The van der Waals surface area contributed by atoms with Crippen molar-refractivity contribution in [3.05, 3.63) is 520 Å². The summed E-state index contributed by atoms with van der Waals surface area (Å²) in [5, 5.41) is 18.9. The molecular weight excluding hydrogens is 1750 g/mol. The Morgan fingerprint density at radius 2 is 0.589 bits per heavy atom. The highest BCUT2D eigenvalue weighted by Gasteiger charge is 2.17. The lowest BCUT2D eigenvalue weighted by Gasteiger charge is -2.22. The maximum Gasteiger partial charge on any atom is -0.00258 e. The van der Waals surface area contributed by atoms with Crippen molar-refractivity contribution in [2.24, 2.45) is 11.8 Å². The van der Waals surface area contributed by atoms with Crippen molar-refractivity contribution in [3.63, 3.8) is 0 Å². The lowest BCUT2D eigenvalue weighted by Crippen LogP contribution is -2.04. The Bertz CT molecular complexity index is 7130. The van der Waals surface area contributed by atoms with Gasteiger partial charge in [0.15, 0.2) is 0 Å². The van der Waals surface area contributed by atoms with E-state index in [2.05, 4.69) is 576 Å². The van der Waals surface area contributed by atoms with Crippen LogP contribution in [0.25, 0.3) is 92.1 Å². The molecule has 0 amide bonds. The molecule has 0 heterocycles. The predicted octanol–water partition coefficient (Wildman–Crippen LogP) is 43.9. The van der Waals surface area contributed by atoms with Crippen molar-refractivity contribution in [3.8, 4) is 11.1 Å². The van der Waals surface area contributed by atoms with E-state index >= 15 is 0 Å². The van der Waals surface area contributed by atoms with Gasteiger partial charge in [0.2, 0.25) is 0 Å². The van der Waals surface area contributed by atoms with E-state index in [4.69, 9.17) is 0 Å². The first-order valence-corrected chi connectivity index (χ1v) is 54.2. The van der Waals surface area contributed by atoms with Crippen LogP contribution in [0.4, 0.5) is 0 Å². The Kier molecular flexibility index (Phi) is 44.8. The molecule has 0 atom stereocenters. The molecule has 146 heavy (non-hydrogen) atoms. The van der Waals surface area contributed by atoms with Gasteiger partial charge >= 0.3 is 0 Å². The number of rotatable bonds is 17. The van der Waals surface area contributed by atoms with Gasteiger partial charge in [0.05, 0.1) is 0 Å². The van der Waals surface area contributed by atoms with Gasteiger partial charge in [0.25, 0.3) is 0 Å². The molecule has 752 valence electrons. The van der Waals surface area contributed by atoms with Gasteiger partial charge in [-0.1, -0.05) is 595 Å². The lowest BCUT2D eigenvalue weighted by atomic mass is 9.83. The van der Waals surface area contributed by atoms with E-state index in [1.54, 1.807) is 5.56 Å². The third-order valence-corrected chi connectivity index (χ3v) is 28.0. The molecule has 0 saturated heterocycles. The van der Waals surface area contributed by atoms with E-state index < -0.39 is 0 Å². The van der Waals surface area contributed by atoms with Crippen molar-refractivity contribution in [1.82, 2.24) is 0 Å². The molecule has 0 aromatic heterocycles. The highest BCUT2D eigenvalue weighted by Crippen LogP contribution is 2.37. The average molecular weight is 1920 g/mol. The minimum absolute atomic E-state index is 0. The molecule has 0 radical (unpaired) electrons. The smallest absolute Gasteiger partial charge is 0.00258 e. The van der Waals surface area contributed by atoms with E-state index in [9.17, 15) is 0 Å². The SMILES string of the molecule is C.CC(C)Cc1cccc2ccccc12.CC(C)c1ccc(-c2ccccc2)cc1.CC(C)c1ccc(C2=CC=CC2)cc1.CC(C)c1ccc(C2CCCCC2)cc1.CC(C)c1ccc(Cc2ccccc2)cc1.CC(C)c1ccc2c(ccc3ccccc32)c1.CC(C)c1ccc2ccccc2c1.CC(C)c1cccc2cc3ccccc3cc12.CC(C)c1cccc2ccccc12.Cc1ccc(CC(C)C)cc1. The second-order valence-electron chi connectivity index (χ2n) is 43.1. The van der Waals surface area contributed by atoms with Crippen LogP contribution in [0.15, 0.2) is 437 Å². The van der Waals surface area contributed by atoms with Crippen LogP contribution in [0.5, 0.6) is 0 Å². The number of hydrogen-bond acceptors (Lipinski definition) is 0. The highest BCUT2D eigenvalue weighted by molar-refractivity contribution is 6.07. The van der Waals surface area contributed by atoms with Gasteiger partial charge in [0.1, 0.15) is 0 Å². The molecule has 19 aromatic rings. The number of fused-ring (bicyclic) bond motifs is 8. The first kappa shape index (κ1) is 113. The van der Waals surface area contributed by atoms with Crippen LogP contribution in [0.1, 0.15) is 321 Å². The average Bonchev–Trinajstić information content (AvgIpc) is 0.809. The summed E-state index contributed by atoms with van der Waals surface area (Å²) in [4.78, 5) is 0. The van der Waals surface area contributed by atoms with Gasteiger partial charge in [-0.05, 0) is 293 Å². The Labute approximate surface area is 881 Å². The molecule has 2 aliphatic rings. The van der Waals surface area contributed by atoms with Crippen LogP contribution in [-0.2, 0) is 19.3 Å². The van der Waals surface area contributed by atoms with Gasteiger partial charge in [-0.25, -0.2) is 0 Å². The molecule has 0 N–H and O–H groups in total. The quantitative estimate of drug-likeness (QED) is 0.0630. The molecule has 0 spiro atoms. The minimum Gasteiger partial charge on any atom is -0.0801 e. The fourth-order valence-electron chi connectivity index (χ4n) is 19.2. The van der Waals surface area contributed by atoms with E-state index in [0.29, 0.717) is 47.3 Å². The largest absolute Gasteiger partial charge is 0.0801 e. The van der Waals surface area contributed by atoms with Crippen LogP contribution in [0.3, 0.4) is 0 Å². The number of benzene rings is 19. The highest BCUT2D eigenvalue weighted by atomic mass is 14.2. The Morgan fingerprint density at radius 1 is 0.233 bits per heavy atom. The molecule has 0 nitrogen and oxygen atoms in total. The standard InChI is InChI=1S/2C17H16.C16H18.C15H22.C15H16.2C14H16.2C13H14.C11H16.CH4/c1-12(2)16-9-5-8-15-10-13-6-3-4-7-14(13)11-17(15)16;1-12(2)14-9-10-17-15(11-14)8-7-13-5-3-4-6-16(13)17;1-13(2)16-10-8-15(9-11-16)12-14-6-4-3-5-7-14;2*1-12(2)13-8-10-15(11-9-13)14-6-4-3-5-7-14;1-11(2)10-13-8-5-7-12-6-3-4-9-14(12)13;1-11(2)12-7-9-14(10-8-12)13-5-3-4-6-13;1-10(2)12-9-5-7-11-6-3-4-8-13(11)12;1-10(2)12-8-7-11-5-3-4-6-13(11)9-12;1-9(2)8-11-6-4-10(3)5-7-11;/h2*3-12H,1-2H3;3-11,13H,12H2,1-2H3;8-12,14H,3-7H2,1-2H3;3-12H,1-2H3;3-9,11H,10H2,1-2H3;3-5,7-11H,6H2,1-2H3;2*3-10H,1-2H3;4-7,9H,8H2,1-3H3;1H4. The first-order valence-electron chi connectivity index (χ1n) is 54.2. The summed E-state index contributed by atoms with van der Waals surface area (Å²) in [7, 11) is 0. The molecule has 0 heteroatoms. The Balaban J connectivity index is 0.000000155. The monoisotopic (exact) mass is 1920 g/mol. The fraction of sp³-hybridized carbons (Fsp3) is 0.288. The van der Waals surface area contributed by atoms with Crippen LogP contribution in [-0.4, -0.2) is 0 Å². The molecule has 0 unspecified atom stereocenters. The summed E-state index contributed by atoms with van der Waals surface area (Å²) >= 11 is 0. The van der Waals surface area contributed by atoms with Crippen LogP contribution < -0.4 is 0 Å². The Hall–Kier alpha value is -13.5. The zero-order valence-corrected chi connectivity index (χ0v) is 91.3. The summed E-state index contributed by atoms with van der Waals surface area (Å²) < 4.78 is 0. The van der Waals surface area contributed by atoms with Gasteiger partial charge in [0, 0.05) is 0 Å². The molecule has 19 aromatic carbocycles. The summed E-state index contributed by atoms with van der Waals surface area (Å²) in [6.07, 6.45) is 18.1. The normalized spacial score (nSPS) is 12.1. The van der Waals surface area contributed by atoms with Crippen molar-refractivity contribution < 1.29 is 0 Å². The lowest BCUT2D eigenvalue weighted by molar-refractivity contribution is 0.443. The number of hydrogen-bond donors (Lipinski definition) is 0. The van der Waals surface area contributed by atoms with E-state index in [-0.39, 0.29) is 7.43 Å². The van der Waals surface area contributed by atoms with Crippen LogP contribution in [0.2, 0.25) is 0 Å². The molecule has 1 saturated carbocycles. The zero-order valence-electron chi connectivity index (χ0n) is 91.3. The van der Waals surface area contributed by atoms with E-state index in [1.807, 2.05) is 6.07 Å². The molecule has 1 fully saturated rings. The van der Waals surface area contributed by atoms with E-state index in [1.165, 1.54) is 215 Å². The molecule has 21 rings (SSSR count). The van der Waals surface area contributed by atoms with Crippen molar-refractivity contribution in [1.29, 1.82) is 0 Å². The number of aryl methyl sites for hydroxylation is 1. The zero-order chi connectivity index (χ0) is 103. The molecule has 0 bridgehead atoms. The summed E-state index contributed by atoms with van der Waals surface area (Å²) in [5.41, 5.74) is 25.4. The van der Waals surface area contributed by atoms with Crippen molar-refractivity contribution in [2.75, 3.05) is 0 Å². The molecule has 0 aliphatic heterocycles. The van der Waals surface area contributed by atoms with Gasteiger partial charge in [-0.15, -0.1) is 0 Å². The van der Waals surface area contributed by atoms with Crippen LogP contribution >= 0.6 is 0 Å². The van der Waals surface area contributed by atoms with Crippen molar-refractivity contribution in [2.45, 2.75) is 264 Å². The fourth-order valence-corrected chi connectivity index (χ4v) is 19.2. The molecular formula is C146H168. The second-order valence-corrected chi connectivity index (χ2v) is 43.1. The molecule has 2 aliphatic carbocycles. The third kappa shape index (κ3) is 34.6. The first-order chi connectivity index (χ1) is 70.1. The third-order valence-electron chi connectivity index (χ3n) is 28.0. The van der Waals surface area contributed by atoms with Gasteiger partial charge in [-0.3, -0.25) is 0 Å². The maximum atomic E-state index is 2.35.